The molecule has 0 aromatic rings. The van der Waals surface area contributed by atoms with Gasteiger partial charge in [0.2, 0.25) is 11.7 Å². The van der Waals surface area contributed by atoms with E-state index in [4.69, 9.17) is 18.9 Å². The molecule has 10 atom stereocenters. The summed E-state index contributed by atoms with van der Waals surface area (Å²) < 4.78 is 22.1. The molecule has 2 bridgehead atoms. The smallest absolute Gasteiger partial charge is 0.348 e. The van der Waals surface area contributed by atoms with Gasteiger partial charge in [0, 0.05) is 23.3 Å². The predicted molar refractivity (Wildman–Crippen MR) is 120 cm³/mol. The number of esters is 3. The van der Waals surface area contributed by atoms with Crippen molar-refractivity contribution in [2.45, 2.75) is 70.6 Å². The van der Waals surface area contributed by atoms with Crippen LogP contribution in [0.25, 0.3) is 0 Å². The van der Waals surface area contributed by atoms with E-state index < -0.39 is 88.9 Å². The van der Waals surface area contributed by atoms with Crippen molar-refractivity contribution < 1.29 is 58.2 Å². The Morgan fingerprint density at radius 1 is 1.14 bits per heavy atom. The third-order valence-corrected chi connectivity index (χ3v) is 8.81. The number of hydrogen-bond donors (Lipinski definition) is 3. The SMILES string of the molecule is COC(=O)C12OC[C@]34[C@H]([C@@H](O)[C@@H]1O)[C@@](C)(CC(=O)O)[C@H](C(C)=O)C[C@H]3OC(=O)[C@H](OC(=O)C=C(C)C)[C@@H]24. The molecule has 2 saturated carbocycles. The van der Waals surface area contributed by atoms with Crippen LogP contribution in [0.15, 0.2) is 11.6 Å². The van der Waals surface area contributed by atoms with Crippen molar-refractivity contribution in [2.75, 3.05) is 13.7 Å². The van der Waals surface area contributed by atoms with Crippen molar-refractivity contribution in [1.29, 1.82) is 0 Å². The molecule has 204 valence electrons. The number of aliphatic hydroxyl groups is 2. The summed E-state index contributed by atoms with van der Waals surface area (Å²) in [6.07, 6.45) is -6.13. The second-order valence-corrected chi connectivity index (χ2v) is 11.1. The second-order valence-electron chi connectivity index (χ2n) is 11.1. The number of carbonyl (C=O) groups excluding carboxylic acids is 4. The molecule has 0 aromatic carbocycles. The average Bonchev–Trinajstić information content (AvgIpc) is 3.08. The lowest BCUT2D eigenvalue weighted by atomic mass is 9.39. The maximum absolute atomic E-state index is 13.3. The minimum atomic E-state index is -2.31. The molecule has 4 fully saturated rings. The lowest BCUT2D eigenvalue weighted by Crippen LogP contribution is -2.79. The van der Waals surface area contributed by atoms with Gasteiger partial charge in [0.1, 0.15) is 18.0 Å². The first kappa shape index (κ1) is 27.2. The van der Waals surface area contributed by atoms with Gasteiger partial charge in [-0.2, -0.15) is 0 Å². The number of carbonyl (C=O) groups is 5. The number of carboxylic acids is 1. The highest BCUT2D eigenvalue weighted by molar-refractivity contribution is 5.90. The van der Waals surface area contributed by atoms with E-state index in [2.05, 4.69) is 0 Å². The summed E-state index contributed by atoms with van der Waals surface area (Å²) in [7, 11) is 1.04. The Morgan fingerprint density at radius 2 is 1.78 bits per heavy atom. The van der Waals surface area contributed by atoms with Gasteiger partial charge in [-0.25, -0.2) is 14.4 Å². The van der Waals surface area contributed by atoms with E-state index in [1.54, 1.807) is 13.8 Å². The Hall–Kier alpha value is -2.83. The Kier molecular flexibility index (Phi) is 6.53. The number of Topliss-reactive ketones (excluding diaryl/α,β-unsaturated/α-hetero) is 1. The molecular weight excluding hydrogens is 492 g/mol. The average molecular weight is 525 g/mol. The van der Waals surface area contributed by atoms with Crippen LogP contribution < -0.4 is 0 Å². The van der Waals surface area contributed by atoms with E-state index in [1.807, 2.05) is 0 Å². The number of methoxy groups -OCH3 is 1. The molecule has 2 saturated heterocycles. The van der Waals surface area contributed by atoms with Gasteiger partial charge in [-0.15, -0.1) is 0 Å². The maximum atomic E-state index is 13.3. The standard InChI is InChI=1S/C25H32O12/c1-10(2)6-15(29)37-17-19-24-9-35-25(19,22(33)34-5)20(31)16(30)18(24)23(4,8-14(27)28)12(11(3)26)7-13(24)36-21(17)32/h6,12-13,16-20,30-31H,7-9H2,1-5H3,(H,27,28)/t12-,13+,16+,17+,18+,19+,20-,23-,24+,25?/m0/s1. The first-order valence-electron chi connectivity index (χ1n) is 12.0. The molecule has 37 heavy (non-hydrogen) atoms. The number of aliphatic carboxylic acids is 1. The van der Waals surface area contributed by atoms with Crippen LogP contribution in [-0.4, -0.2) is 88.7 Å². The fourth-order valence-corrected chi connectivity index (χ4v) is 7.72. The van der Waals surface area contributed by atoms with Gasteiger partial charge in [-0.05, 0) is 32.6 Å². The minimum Gasteiger partial charge on any atom is -0.481 e. The number of ether oxygens (including phenoxy) is 4. The highest BCUT2D eigenvalue weighted by atomic mass is 16.6. The predicted octanol–water partition coefficient (Wildman–Crippen LogP) is -0.224. The van der Waals surface area contributed by atoms with E-state index in [0.29, 0.717) is 5.57 Å². The van der Waals surface area contributed by atoms with Gasteiger partial charge < -0.3 is 34.3 Å². The number of carboxylic acid groups (broad SMARTS) is 1. The topological polar surface area (TPSA) is 183 Å². The van der Waals surface area contributed by atoms with Gasteiger partial charge in [0.05, 0.1) is 32.2 Å². The summed E-state index contributed by atoms with van der Waals surface area (Å²) in [4.78, 5) is 63.9. The van der Waals surface area contributed by atoms with Crippen molar-refractivity contribution in [3.63, 3.8) is 0 Å². The van der Waals surface area contributed by atoms with E-state index >= 15 is 0 Å². The Balaban J connectivity index is 1.99. The summed E-state index contributed by atoms with van der Waals surface area (Å²) >= 11 is 0. The van der Waals surface area contributed by atoms with Crippen LogP contribution in [0.1, 0.15) is 40.5 Å². The van der Waals surface area contributed by atoms with E-state index in [0.717, 1.165) is 13.2 Å². The molecule has 12 heteroatoms. The van der Waals surface area contributed by atoms with Crippen molar-refractivity contribution in [1.82, 2.24) is 0 Å². The van der Waals surface area contributed by atoms with Crippen molar-refractivity contribution >= 4 is 29.7 Å². The molecule has 4 aliphatic rings. The summed E-state index contributed by atoms with van der Waals surface area (Å²) in [6.45, 7) is 5.73. The number of allylic oxidation sites excluding steroid dienone is 1. The molecule has 3 N–H and O–H groups in total. The van der Waals surface area contributed by atoms with Gasteiger partial charge in [0.25, 0.3) is 0 Å². The van der Waals surface area contributed by atoms with Crippen molar-refractivity contribution in [2.24, 2.45) is 28.6 Å². The molecule has 1 spiro atoms. The van der Waals surface area contributed by atoms with Crippen LogP contribution >= 0.6 is 0 Å². The molecule has 2 heterocycles. The zero-order valence-corrected chi connectivity index (χ0v) is 21.3. The Bertz CT molecular complexity index is 1080. The number of rotatable bonds is 6. The molecule has 2 aliphatic heterocycles. The summed E-state index contributed by atoms with van der Waals surface area (Å²) in [5, 5.41) is 32.7. The fourth-order valence-electron chi connectivity index (χ4n) is 7.72. The fraction of sp³-hybridized carbons (Fsp3) is 0.720. The molecule has 0 amide bonds. The zero-order chi connectivity index (χ0) is 27.7. The molecule has 1 unspecified atom stereocenters. The summed E-state index contributed by atoms with van der Waals surface area (Å²) in [6, 6.07) is 0. The molecule has 4 rings (SSSR count). The van der Waals surface area contributed by atoms with Crippen molar-refractivity contribution in [3.8, 4) is 0 Å². The molecule has 12 nitrogen and oxygen atoms in total. The Labute approximate surface area is 212 Å². The van der Waals surface area contributed by atoms with Crippen LogP contribution in [0.5, 0.6) is 0 Å². The van der Waals surface area contributed by atoms with Crippen molar-refractivity contribution in [3.05, 3.63) is 11.6 Å². The number of hydrogen-bond acceptors (Lipinski definition) is 11. The lowest BCUT2D eigenvalue weighted by Gasteiger charge is -2.66. The van der Waals surface area contributed by atoms with Crippen LogP contribution in [-0.2, 0) is 42.9 Å². The van der Waals surface area contributed by atoms with Crippen LogP contribution in [0.4, 0.5) is 0 Å². The maximum Gasteiger partial charge on any atom is 0.348 e. The minimum absolute atomic E-state index is 0.101. The largest absolute Gasteiger partial charge is 0.481 e. The van der Waals surface area contributed by atoms with Gasteiger partial charge in [0.15, 0.2) is 0 Å². The molecular formula is C25H32O12. The number of aliphatic hydroxyl groups excluding tert-OH is 2. The summed E-state index contributed by atoms with van der Waals surface area (Å²) in [5.74, 6) is -8.18. The highest BCUT2D eigenvalue weighted by Crippen LogP contribution is 2.71. The van der Waals surface area contributed by atoms with Crippen LogP contribution in [0, 0.1) is 28.6 Å². The van der Waals surface area contributed by atoms with E-state index in [9.17, 15) is 39.3 Å². The van der Waals surface area contributed by atoms with Crippen LogP contribution in [0.3, 0.4) is 0 Å². The lowest BCUT2D eigenvalue weighted by molar-refractivity contribution is -0.290. The van der Waals surface area contributed by atoms with Gasteiger partial charge in [-0.3, -0.25) is 9.59 Å². The van der Waals surface area contributed by atoms with Gasteiger partial charge in [-0.1, -0.05) is 12.5 Å². The normalized spacial score (nSPS) is 43.6. The molecule has 0 radical (unpaired) electrons. The monoisotopic (exact) mass is 524 g/mol. The number of ketones is 1. The van der Waals surface area contributed by atoms with E-state index in [-0.39, 0.29) is 18.8 Å². The summed E-state index contributed by atoms with van der Waals surface area (Å²) in [5.41, 5.74) is -4.67. The third kappa shape index (κ3) is 3.56. The Morgan fingerprint density at radius 3 is 2.32 bits per heavy atom. The second kappa shape index (κ2) is 8.88. The zero-order valence-electron chi connectivity index (χ0n) is 21.3. The highest BCUT2D eigenvalue weighted by Gasteiger charge is 2.85. The first-order valence-corrected chi connectivity index (χ1v) is 12.0. The van der Waals surface area contributed by atoms with Crippen LogP contribution in [0.2, 0.25) is 0 Å². The van der Waals surface area contributed by atoms with E-state index in [1.165, 1.54) is 13.8 Å². The molecule has 2 aliphatic carbocycles. The first-order chi connectivity index (χ1) is 17.2. The molecule has 0 aromatic heterocycles. The van der Waals surface area contributed by atoms with Gasteiger partial charge >= 0.3 is 23.9 Å². The third-order valence-electron chi connectivity index (χ3n) is 8.81. The quantitative estimate of drug-likeness (QED) is 0.236.